The van der Waals surface area contributed by atoms with E-state index < -0.39 is 11.7 Å². The Balaban J connectivity index is 1.63. The summed E-state index contributed by atoms with van der Waals surface area (Å²) in [6.07, 6.45) is -4.37. The number of hydrogen-bond acceptors (Lipinski definition) is 3. The van der Waals surface area contributed by atoms with Gasteiger partial charge < -0.3 is 5.32 Å². The molecule has 3 nitrogen and oxygen atoms in total. The number of hydrogen-bond donors (Lipinski definition) is 1. The molecule has 0 radical (unpaired) electrons. The van der Waals surface area contributed by atoms with E-state index in [4.69, 9.17) is 11.6 Å². The zero-order valence-electron chi connectivity index (χ0n) is 13.2. The summed E-state index contributed by atoms with van der Waals surface area (Å²) in [5, 5.41) is 5.30. The van der Waals surface area contributed by atoms with Crippen molar-refractivity contribution in [3.8, 4) is 11.3 Å². The second-order valence-corrected chi connectivity index (χ2v) is 6.72. The van der Waals surface area contributed by atoms with Gasteiger partial charge in [0, 0.05) is 22.5 Å². The predicted octanol–water partition coefficient (Wildman–Crippen LogP) is 5.41. The fraction of sp³-hybridized carbons (Fsp3) is 0.111. The third-order valence-corrected chi connectivity index (χ3v) is 4.67. The van der Waals surface area contributed by atoms with Crippen molar-refractivity contribution >= 4 is 28.8 Å². The van der Waals surface area contributed by atoms with E-state index in [9.17, 15) is 18.0 Å². The van der Waals surface area contributed by atoms with Crippen LogP contribution in [0.4, 0.5) is 13.2 Å². The smallest absolute Gasteiger partial charge is 0.346 e. The number of carbonyl (C=O) groups is 1. The summed E-state index contributed by atoms with van der Waals surface area (Å²) in [5.74, 6) is -0.380. The largest absolute Gasteiger partial charge is 0.416 e. The van der Waals surface area contributed by atoms with Crippen LogP contribution in [0.1, 0.15) is 20.9 Å². The fourth-order valence-electron chi connectivity index (χ4n) is 2.20. The molecular formula is C18H12ClF3N2OS. The Labute approximate surface area is 156 Å². The Morgan fingerprint density at radius 1 is 1.08 bits per heavy atom. The van der Waals surface area contributed by atoms with Crippen molar-refractivity contribution < 1.29 is 18.0 Å². The molecular weight excluding hydrogens is 385 g/mol. The van der Waals surface area contributed by atoms with E-state index in [0.717, 1.165) is 17.7 Å². The minimum Gasteiger partial charge on any atom is -0.346 e. The SMILES string of the molecule is O=C(NCc1ccc(C(F)(F)F)cc1)c1nc(-c2ccc(Cl)cc2)cs1. The Bertz CT molecular complexity index is 905. The van der Waals surface area contributed by atoms with Crippen LogP contribution in [0.15, 0.2) is 53.9 Å². The second-order valence-electron chi connectivity index (χ2n) is 5.42. The number of aromatic nitrogens is 1. The molecule has 1 heterocycles. The normalized spacial score (nSPS) is 11.4. The lowest BCUT2D eigenvalue weighted by molar-refractivity contribution is -0.137. The number of amides is 1. The summed E-state index contributed by atoms with van der Waals surface area (Å²) in [4.78, 5) is 16.5. The van der Waals surface area contributed by atoms with Crippen molar-refractivity contribution in [2.75, 3.05) is 0 Å². The standard InChI is InChI=1S/C18H12ClF3N2OS/c19-14-7-3-12(4-8-14)15-10-26-17(24-15)16(25)23-9-11-1-5-13(6-2-11)18(20,21)22/h1-8,10H,9H2,(H,23,25). The molecule has 1 aromatic heterocycles. The average molecular weight is 397 g/mol. The van der Waals surface area contributed by atoms with Crippen molar-refractivity contribution in [1.29, 1.82) is 0 Å². The fourth-order valence-corrected chi connectivity index (χ4v) is 3.07. The molecule has 0 bridgehead atoms. The number of nitrogens with one attached hydrogen (secondary N) is 1. The molecule has 0 aliphatic rings. The molecule has 134 valence electrons. The van der Waals surface area contributed by atoms with Crippen molar-refractivity contribution in [2.24, 2.45) is 0 Å². The van der Waals surface area contributed by atoms with E-state index in [1.165, 1.54) is 23.5 Å². The summed E-state index contributed by atoms with van der Waals surface area (Å²) in [6, 6.07) is 11.7. The maximum absolute atomic E-state index is 12.5. The molecule has 2 aromatic carbocycles. The van der Waals surface area contributed by atoms with Crippen molar-refractivity contribution in [1.82, 2.24) is 10.3 Å². The first kappa shape index (κ1) is 18.4. The molecule has 8 heteroatoms. The van der Waals surface area contributed by atoms with Gasteiger partial charge in [-0.2, -0.15) is 13.2 Å². The van der Waals surface area contributed by atoms with Crippen LogP contribution in [0.2, 0.25) is 5.02 Å². The van der Waals surface area contributed by atoms with E-state index in [-0.39, 0.29) is 17.5 Å². The van der Waals surface area contributed by atoms with Crippen molar-refractivity contribution in [2.45, 2.75) is 12.7 Å². The molecule has 0 fully saturated rings. The highest BCUT2D eigenvalue weighted by Gasteiger charge is 2.29. The van der Waals surface area contributed by atoms with E-state index in [1.807, 2.05) is 0 Å². The molecule has 1 amide bonds. The quantitative estimate of drug-likeness (QED) is 0.640. The molecule has 0 unspecified atom stereocenters. The maximum atomic E-state index is 12.5. The molecule has 26 heavy (non-hydrogen) atoms. The van der Waals surface area contributed by atoms with Gasteiger partial charge in [-0.3, -0.25) is 4.79 Å². The van der Waals surface area contributed by atoms with E-state index >= 15 is 0 Å². The molecule has 0 aliphatic heterocycles. The Morgan fingerprint density at radius 2 is 1.73 bits per heavy atom. The number of rotatable bonds is 4. The first-order chi connectivity index (χ1) is 12.3. The van der Waals surface area contributed by atoms with Gasteiger partial charge in [0.15, 0.2) is 5.01 Å². The maximum Gasteiger partial charge on any atom is 0.416 e. The Kier molecular flexibility index (Phi) is 5.29. The summed E-state index contributed by atoms with van der Waals surface area (Å²) in [7, 11) is 0. The molecule has 3 rings (SSSR count). The van der Waals surface area contributed by atoms with Gasteiger partial charge in [-0.15, -0.1) is 11.3 Å². The monoisotopic (exact) mass is 396 g/mol. The van der Waals surface area contributed by atoms with Crippen LogP contribution in [-0.2, 0) is 12.7 Å². The van der Waals surface area contributed by atoms with Gasteiger partial charge in [0.05, 0.1) is 11.3 Å². The summed E-state index contributed by atoms with van der Waals surface area (Å²) >= 11 is 7.04. The molecule has 3 aromatic rings. The van der Waals surface area contributed by atoms with Gasteiger partial charge in [-0.05, 0) is 29.8 Å². The van der Waals surface area contributed by atoms with Gasteiger partial charge in [0.2, 0.25) is 0 Å². The summed E-state index contributed by atoms with van der Waals surface area (Å²) < 4.78 is 37.6. The highest BCUT2D eigenvalue weighted by Crippen LogP contribution is 2.29. The summed E-state index contributed by atoms with van der Waals surface area (Å²) in [5.41, 5.74) is 1.35. The van der Waals surface area contributed by atoms with Crippen molar-refractivity contribution in [3.05, 3.63) is 75.1 Å². The molecule has 0 saturated carbocycles. The van der Waals surface area contributed by atoms with Crippen LogP contribution in [-0.4, -0.2) is 10.9 Å². The number of thiazole rings is 1. The van der Waals surface area contributed by atoms with Crippen LogP contribution in [0.25, 0.3) is 11.3 Å². The van der Waals surface area contributed by atoms with Gasteiger partial charge >= 0.3 is 6.18 Å². The summed E-state index contributed by atoms with van der Waals surface area (Å²) in [6.45, 7) is 0.118. The highest BCUT2D eigenvalue weighted by molar-refractivity contribution is 7.12. The zero-order valence-corrected chi connectivity index (χ0v) is 14.8. The van der Waals surface area contributed by atoms with Crippen LogP contribution < -0.4 is 5.32 Å². The number of carbonyl (C=O) groups excluding carboxylic acids is 1. The number of halogens is 4. The number of benzene rings is 2. The van der Waals surface area contributed by atoms with E-state index in [2.05, 4.69) is 10.3 Å². The number of alkyl halides is 3. The minimum absolute atomic E-state index is 0.118. The second kappa shape index (κ2) is 7.47. The molecule has 0 atom stereocenters. The number of nitrogens with zero attached hydrogens (tertiary/aromatic N) is 1. The average Bonchev–Trinajstić information content (AvgIpc) is 3.10. The Morgan fingerprint density at radius 3 is 2.35 bits per heavy atom. The lowest BCUT2D eigenvalue weighted by Crippen LogP contribution is -2.22. The van der Waals surface area contributed by atoms with Crippen LogP contribution in [0, 0.1) is 0 Å². The van der Waals surface area contributed by atoms with Gasteiger partial charge in [-0.25, -0.2) is 4.98 Å². The first-order valence-corrected chi connectivity index (χ1v) is 8.74. The van der Waals surface area contributed by atoms with E-state index in [0.29, 0.717) is 16.3 Å². The van der Waals surface area contributed by atoms with Gasteiger partial charge in [-0.1, -0.05) is 35.9 Å². The van der Waals surface area contributed by atoms with E-state index in [1.54, 1.807) is 29.6 Å². The first-order valence-electron chi connectivity index (χ1n) is 7.49. The lowest BCUT2D eigenvalue weighted by Gasteiger charge is -2.08. The van der Waals surface area contributed by atoms with Crippen LogP contribution >= 0.6 is 22.9 Å². The molecule has 0 spiro atoms. The molecule has 0 saturated heterocycles. The van der Waals surface area contributed by atoms with Crippen LogP contribution in [0.3, 0.4) is 0 Å². The molecule has 0 aliphatic carbocycles. The predicted molar refractivity (Wildman–Crippen MR) is 95.2 cm³/mol. The zero-order chi connectivity index (χ0) is 18.7. The van der Waals surface area contributed by atoms with Crippen molar-refractivity contribution in [3.63, 3.8) is 0 Å². The third-order valence-electron chi connectivity index (χ3n) is 3.57. The highest BCUT2D eigenvalue weighted by atomic mass is 35.5. The molecule has 1 N–H and O–H groups in total. The van der Waals surface area contributed by atoms with Crippen LogP contribution in [0.5, 0.6) is 0 Å². The third kappa shape index (κ3) is 4.42. The minimum atomic E-state index is -4.37. The van der Waals surface area contributed by atoms with Gasteiger partial charge in [0.25, 0.3) is 5.91 Å². The Hall–Kier alpha value is -2.38. The lowest BCUT2D eigenvalue weighted by atomic mass is 10.1. The topological polar surface area (TPSA) is 42.0 Å². The van der Waals surface area contributed by atoms with Gasteiger partial charge in [0.1, 0.15) is 0 Å².